The molecule has 0 aliphatic rings. The Morgan fingerprint density at radius 3 is 2.55 bits per heavy atom. The monoisotopic (exact) mass is 282 g/mol. The molecule has 7 nitrogen and oxygen atoms in total. The van der Waals surface area contributed by atoms with Gasteiger partial charge in [0.15, 0.2) is 5.69 Å². The van der Waals surface area contributed by atoms with Crippen LogP contribution in [0.5, 0.6) is 0 Å². The predicted molar refractivity (Wildman–Crippen MR) is 75.4 cm³/mol. The molecule has 1 heterocycles. The average molecular weight is 282 g/mol. The highest BCUT2D eigenvalue weighted by atomic mass is 16.5. The van der Waals surface area contributed by atoms with Crippen molar-refractivity contribution in [1.29, 1.82) is 0 Å². The van der Waals surface area contributed by atoms with Gasteiger partial charge in [-0.05, 0) is 27.7 Å². The van der Waals surface area contributed by atoms with Gasteiger partial charge in [-0.2, -0.15) is 0 Å². The number of anilines is 1. The van der Waals surface area contributed by atoms with E-state index in [9.17, 15) is 9.59 Å². The van der Waals surface area contributed by atoms with Crippen LogP contribution in [0.2, 0.25) is 0 Å². The number of ether oxygens (including phenoxy) is 1. The van der Waals surface area contributed by atoms with Crippen molar-refractivity contribution in [3.8, 4) is 0 Å². The van der Waals surface area contributed by atoms with E-state index < -0.39 is 12.0 Å². The SMILES string of the molecule is CCOC(=O)c1nc(C)n(C(C)C(=O)N(C)CC)c1N. The van der Waals surface area contributed by atoms with E-state index in [2.05, 4.69) is 4.98 Å². The fourth-order valence-electron chi connectivity index (χ4n) is 1.99. The second kappa shape index (κ2) is 6.40. The van der Waals surface area contributed by atoms with Crippen LogP contribution in [0.1, 0.15) is 43.1 Å². The van der Waals surface area contributed by atoms with Crippen LogP contribution in [-0.2, 0) is 9.53 Å². The minimum absolute atomic E-state index is 0.0585. The van der Waals surface area contributed by atoms with Crippen molar-refractivity contribution in [2.24, 2.45) is 0 Å². The van der Waals surface area contributed by atoms with E-state index in [4.69, 9.17) is 10.5 Å². The Bertz CT molecular complexity index is 510. The van der Waals surface area contributed by atoms with Crippen molar-refractivity contribution >= 4 is 17.7 Å². The third-order valence-electron chi connectivity index (χ3n) is 3.19. The van der Waals surface area contributed by atoms with Crippen LogP contribution in [0, 0.1) is 6.92 Å². The summed E-state index contributed by atoms with van der Waals surface area (Å²) < 4.78 is 6.45. The van der Waals surface area contributed by atoms with Gasteiger partial charge in [0.25, 0.3) is 0 Å². The molecule has 1 aromatic rings. The maximum atomic E-state index is 12.2. The third kappa shape index (κ3) is 2.92. The van der Waals surface area contributed by atoms with Crippen LogP contribution in [0.4, 0.5) is 5.82 Å². The number of likely N-dealkylation sites (N-methyl/N-ethyl adjacent to an activating group) is 1. The van der Waals surface area contributed by atoms with E-state index in [-0.39, 0.29) is 24.0 Å². The van der Waals surface area contributed by atoms with E-state index in [0.29, 0.717) is 12.4 Å². The number of nitrogen functional groups attached to an aromatic ring is 1. The normalized spacial score (nSPS) is 12.1. The molecule has 1 amide bonds. The lowest BCUT2D eigenvalue weighted by Crippen LogP contribution is -2.33. The van der Waals surface area contributed by atoms with Crippen LogP contribution < -0.4 is 5.73 Å². The second-order valence-corrected chi connectivity index (χ2v) is 4.51. The number of amides is 1. The zero-order chi connectivity index (χ0) is 15.4. The minimum Gasteiger partial charge on any atom is -0.461 e. The number of rotatable bonds is 5. The van der Waals surface area contributed by atoms with Gasteiger partial charge in [0, 0.05) is 13.6 Å². The smallest absolute Gasteiger partial charge is 0.360 e. The molecule has 0 aliphatic carbocycles. The number of imidazole rings is 1. The first kappa shape index (κ1) is 16.0. The molecule has 0 aromatic carbocycles. The van der Waals surface area contributed by atoms with Gasteiger partial charge in [-0.25, -0.2) is 9.78 Å². The van der Waals surface area contributed by atoms with E-state index in [1.54, 1.807) is 37.3 Å². The Balaban J connectivity index is 3.14. The standard InChI is InChI=1S/C13H22N4O3/c1-6-16(5)12(18)8(3)17-9(4)15-10(11(17)14)13(19)20-7-2/h8H,6-7,14H2,1-5H3. The first-order valence-electron chi connectivity index (χ1n) is 6.61. The maximum Gasteiger partial charge on any atom is 0.360 e. The second-order valence-electron chi connectivity index (χ2n) is 4.51. The van der Waals surface area contributed by atoms with Crippen LogP contribution >= 0.6 is 0 Å². The van der Waals surface area contributed by atoms with E-state index in [0.717, 1.165) is 0 Å². The number of carbonyl (C=O) groups is 2. The summed E-state index contributed by atoms with van der Waals surface area (Å²) in [4.78, 5) is 29.6. The highest BCUT2D eigenvalue weighted by Gasteiger charge is 2.26. The van der Waals surface area contributed by atoms with Gasteiger partial charge in [-0.1, -0.05) is 0 Å². The van der Waals surface area contributed by atoms with Gasteiger partial charge >= 0.3 is 5.97 Å². The molecule has 0 saturated heterocycles. The van der Waals surface area contributed by atoms with Crippen LogP contribution in [0.3, 0.4) is 0 Å². The van der Waals surface area contributed by atoms with Gasteiger partial charge < -0.3 is 19.9 Å². The molecule has 1 rings (SSSR count). The third-order valence-corrected chi connectivity index (χ3v) is 3.19. The summed E-state index contributed by atoms with van der Waals surface area (Å²) in [6.45, 7) is 7.88. The maximum absolute atomic E-state index is 12.2. The summed E-state index contributed by atoms with van der Waals surface area (Å²) in [5.41, 5.74) is 6.00. The average Bonchev–Trinajstić information content (AvgIpc) is 2.71. The van der Waals surface area contributed by atoms with Crippen LogP contribution in [0.25, 0.3) is 0 Å². The van der Waals surface area contributed by atoms with E-state index in [1.807, 2.05) is 6.92 Å². The number of esters is 1. The van der Waals surface area contributed by atoms with Crippen molar-refractivity contribution in [2.45, 2.75) is 33.7 Å². The van der Waals surface area contributed by atoms with Crippen LogP contribution in [0.15, 0.2) is 0 Å². The van der Waals surface area contributed by atoms with Gasteiger partial charge in [0.2, 0.25) is 5.91 Å². The molecule has 0 fully saturated rings. The number of carbonyl (C=O) groups excluding carboxylic acids is 2. The minimum atomic E-state index is -0.574. The summed E-state index contributed by atoms with van der Waals surface area (Å²) in [6.07, 6.45) is 0. The Hall–Kier alpha value is -2.05. The number of hydrogen-bond donors (Lipinski definition) is 1. The Labute approximate surface area is 118 Å². The Morgan fingerprint density at radius 2 is 2.05 bits per heavy atom. The molecular formula is C13H22N4O3. The Morgan fingerprint density at radius 1 is 1.45 bits per heavy atom. The van der Waals surface area contributed by atoms with Gasteiger partial charge in [0.05, 0.1) is 6.61 Å². The number of aryl methyl sites for hydroxylation is 1. The topological polar surface area (TPSA) is 90.4 Å². The molecule has 0 radical (unpaired) electrons. The summed E-state index contributed by atoms with van der Waals surface area (Å²) >= 11 is 0. The predicted octanol–water partition coefficient (Wildman–Crippen LogP) is 0.990. The van der Waals surface area contributed by atoms with Crippen molar-refractivity contribution in [1.82, 2.24) is 14.5 Å². The van der Waals surface area contributed by atoms with Crippen molar-refractivity contribution in [3.05, 3.63) is 11.5 Å². The molecule has 0 aliphatic heterocycles. The van der Waals surface area contributed by atoms with Gasteiger partial charge in [0.1, 0.15) is 17.7 Å². The van der Waals surface area contributed by atoms with Crippen LogP contribution in [-0.4, -0.2) is 46.5 Å². The fraction of sp³-hybridized carbons (Fsp3) is 0.615. The van der Waals surface area contributed by atoms with Crippen molar-refractivity contribution < 1.29 is 14.3 Å². The lowest BCUT2D eigenvalue weighted by Gasteiger charge is -2.22. The molecule has 7 heteroatoms. The molecule has 0 bridgehead atoms. The fourth-order valence-corrected chi connectivity index (χ4v) is 1.99. The summed E-state index contributed by atoms with van der Waals surface area (Å²) in [5, 5.41) is 0. The number of hydrogen-bond acceptors (Lipinski definition) is 5. The zero-order valence-corrected chi connectivity index (χ0v) is 12.6. The quantitative estimate of drug-likeness (QED) is 0.813. The largest absolute Gasteiger partial charge is 0.461 e. The molecule has 1 atom stereocenters. The molecule has 20 heavy (non-hydrogen) atoms. The van der Waals surface area contributed by atoms with Gasteiger partial charge in [-0.15, -0.1) is 0 Å². The number of nitrogens with zero attached hydrogens (tertiary/aromatic N) is 3. The lowest BCUT2D eigenvalue weighted by atomic mass is 10.2. The summed E-state index contributed by atoms with van der Waals surface area (Å²) in [6, 6.07) is -0.518. The van der Waals surface area contributed by atoms with E-state index >= 15 is 0 Å². The first-order chi connectivity index (χ1) is 9.34. The molecule has 1 unspecified atom stereocenters. The summed E-state index contributed by atoms with van der Waals surface area (Å²) in [5.74, 6) is 0.00710. The number of aromatic nitrogens is 2. The molecule has 0 spiro atoms. The molecular weight excluding hydrogens is 260 g/mol. The zero-order valence-electron chi connectivity index (χ0n) is 12.6. The summed E-state index contributed by atoms with van der Waals surface area (Å²) in [7, 11) is 1.72. The van der Waals surface area contributed by atoms with Gasteiger partial charge in [-0.3, -0.25) is 4.79 Å². The molecule has 112 valence electrons. The highest BCUT2D eigenvalue weighted by Crippen LogP contribution is 2.22. The highest BCUT2D eigenvalue weighted by molar-refractivity contribution is 5.93. The first-order valence-corrected chi connectivity index (χ1v) is 6.61. The molecule has 1 aromatic heterocycles. The molecule has 0 saturated carbocycles. The van der Waals surface area contributed by atoms with E-state index in [1.165, 1.54) is 0 Å². The lowest BCUT2D eigenvalue weighted by molar-refractivity contribution is -0.132. The van der Waals surface area contributed by atoms with Crippen molar-refractivity contribution in [3.63, 3.8) is 0 Å². The Kier molecular flexibility index (Phi) is 5.12. The van der Waals surface area contributed by atoms with Crippen molar-refractivity contribution in [2.75, 3.05) is 25.9 Å². The number of nitrogens with two attached hydrogens (primary N) is 1. The molecule has 2 N–H and O–H groups in total.